The van der Waals surface area contributed by atoms with Gasteiger partial charge in [0.05, 0.1) is 6.26 Å². The SMILES string of the molecule is C=CCNC(=NCCc1ccco1)NC1CCN(CC(=C)C)CC1.I. The highest BCUT2D eigenvalue weighted by Crippen LogP contribution is 2.11. The second kappa shape index (κ2) is 12.1. The minimum absolute atomic E-state index is 0. The molecule has 0 unspecified atom stereocenters. The quantitative estimate of drug-likeness (QED) is 0.272. The third-order valence-corrected chi connectivity index (χ3v) is 4.04. The Morgan fingerprint density at radius 1 is 1.44 bits per heavy atom. The van der Waals surface area contributed by atoms with Crippen LogP contribution in [0.25, 0.3) is 0 Å². The Bertz CT molecular complexity index is 534. The van der Waals surface area contributed by atoms with Gasteiger partial charge in [0.1, 0.15) is 5.76 Å². The molecule has 0 spiro atoms. The molecular formula is C19H31IN4O. The Kier molecular flexibility index (Phi) is 10.6. The van der Waals surface area contributed by atoms with Crippen molar-refractivity contribution >= 4 is 29.9 Å². The molecular weight excluding hydrogens is 427 g/mol. The van der Waals surface area contributed by atoms with Crippen LogP contribution in [0.5, 0.6) is 0 Å². The van der Waals surface area contributed by atoms with Crippen LogP contribution in [0, 0.1) is 0 Å². The maximum atomic E-state index is 5.35. The first-order valence-electron chi connectivity index (χ1n) is 8.72. The van der Waals surface area contributed by atoms with E-state index in [1.165, 1.54) is 5.57 Å². The maximum absolute atomic E-state index is 5.35. The third kappa shape index (κ3) is 8.58. The number of nitrogens with one attached hydrogen (secondary N) is 2. The van der Waals surface area contributed by atoms with Crippen LogP contribution in [0.3, 0.4) is 0 Å². The fourth-order valence-corrected chi connectivity index (χ4v) is 2.86. The number of halogens is 1. The Balaban J connectivity index is 0.00000312. The molecule has 2 N–H and O–H groups in total. The van der Waals surface area contributed by atoms with Crippen molar-refractivity contribution in [3.63, 3.8) is 0 Å². The summed E-state index contributed by atoms with van der Waals surface area (Å²) in [4.78, 5) is 7.12. The molecule has 0 saturated carbocycles. The van der Waals surface area contributed by atoms with Crippen molar-refractivity contribution in [1.29, 1.82) is 0 Å². The van der Waals surface area contributed by atoms with Gasteiger partial charge < -0.3 is 15.1 Å². The average molecular weight is 458 g/mol. The van der Waals surface area contributed by atoms with Crippen LogP contribution in [0.2, 0.25) is 0 Å². The standard InChI is InChI=1S/C19H30N4O.HI/c1-4-10-20-19(21-11-7-18-6-5-14-24-18)22-17-8-12-23(13-9-17)15-16(2)3;/h4-6,14,17H,1-2,7-13,15H2,3H3,(H2,20,21,22);1H. The van der Waals surface area contributed by atoms with E-state index in [1.54, 1.807) is 6.26 Å². The molecule has 6 heteroatoms. The van der Waals surface area contributed by atoms with Crippen molar-refractivity contribution in [2.45, 2.75) is 32.2 Å². The van der Waals surface area contributed by atoms with Gasteiger partial charge in [-0.1, -0.05) is 18.2 Å². The monoisotopic (exact) mass is 458 g/mol. The van der Waals surface area contributed by atoms with E-state index in [2.05, 4.69) is 40.6 Å². The number of hydrogen-bond acceptors (Lipinski definition) is 3. The van der Waals surface area contributed by atoms with Crippen molar-refractivity contribution < 1.29 is 4.42 Å². The van der Waals surface area contributed by atoms with Crippen LogP contribution in [-0.2, 0) is 6.42 Å². The highest BCUT2D eigenvalue weighted by Gasteiger charge is 2.19. The fraction of sp³-hybridized carbons (Fsp3) is 0.526. The minimum atomic E-state index is 0. The van der Waals surface area contributed by atoms with E-state index in [0.717, 1.165) is 50.6 Å². The van der Waals surface area contributed by atoms with Gasteiger partial charge in [-0.25, -0.2) is 0 Å². The number of nitrogens with zero attached hydrogens (tertiary/aromatic N) is 2. The molecule has 2 rings (SSSR count). The van der Waals surface area contributed by atoms with Crippen LogP contribution in [-0.4, -0.2) is 49.6 Å². The Labute approximate surface area is 168 Å². The van der Waals surface area contributed by atoms with Gasteiger partial charge >= 0.3 is 0 Å². The lowest BCUT2D eigenvalue weighted by Gasteiger charge is -2.33. The first-order chi connectivity index (χ1) is 11.7. The smallest absolute Gasteiger partial charge is 0.191 e. The molecule has 2 heterocycles. The summed E-state index contributed by atoms with van der Waals surface area (Å²) < 4.78 is 5.35. The van der Waals surface area contributed by atoms with E-state index in [1.807, 2.05) is 18.2 Å². The van der Waals surface area contributed by atoms with Gasteiger partial charge in [0, 0.05) is 45.2 Å². The van der Waals surface area contributed by atoms with E-state index in [4.69, 9.17) is 4.42 Å². The Morgan fingerprint density at radius 3 is 2.80 bits per heavy atom. The number of piperidine rings is 1. The molecule has 140 valence electrons. The van der Waals surface area contributed by atoms with Crippen molar-refractivity contribution in [3.05, 3.63) is 49.0 Å². The van der Waals surface area contributed by atoms with E-state index in [9.17, 15) is 0 Å². The first kappa shape index (κ1) is 21.8. The Hall–Kier alpha value is -1.28. The van der Waals surface area contributed by atoms with E-state index in [0.29, 0.717) is 19.1 Å². The van der Waals surface area contributed by atoms with Crippen LogP contribution >= 0.6 is 24.0 Å². The summed E-state index contributed by atoms with van der Waals surface area (Å²) in [7, 11) is 0. The third-order valence-electron chi connectivity index (χ3n) is 4.04. The molecule has 1 fully saturated rings. The molecule has 0 aliphatic carbocycles. The second-order valence-electron chi connectivity index (χ2n) is 6.38. The molecule has 1 aromatic rings. The van der Waals surface area contributed by atoms with Crippen LogP contribution in [0.4, 0.5) is 0 Å². The molecule has 1 aliphatic rings. The zero-order valence-electron chi connectivity index (χ0n) is 15.2. The fourth-order valence-electron chi connectivity index (χ4n) is 2.86. The van der Waals surface area contributed by atoms with Gasteiger partial charge in [-0.2, -0.15) is 0 Å². The average Bonchev–Trinajstić information content (AvgIpc) is 3.07. The lowest BCUT2D eigenvalue weighted by molar-refractivity contribution is 0.221. The summed E-state index contributed by atoms with van der Waals surface area (Å²) in [5.41, 5.74) is 1.23. The maximum Gasteiger partial charge on any atom is 0.191 e. The van der Waals surface area contributed by atoms with E-state index < -0.39 is 0 Å². The highest BCUT2D eigenvalue weighted by atomic mass is 127. The largest absolute Gasteiger partial charge is 0.469 e. The van der Waals surface area contributed by atoms with Crippen molar-refractivity contribution in [1.82, 2.24) is 15.5 Å². The number of hydrogen-bond donors (Lipinski definition) is 2. The van der Waals surface area contributed by atoms with Crippen molar-refractivity contribution in [3.8, 4) is 0 Å². The van der Waals surface area contributed by atoms with Crippen molar-refractivity contribution in [2.75, 3.05) is 32.7 Å². The molecule has 25 heavy (non-hydrogen) atoms. The summed E-state index contributed by atoms with van der Waals surface area (Å²) in [6, 6.07) is 4.36. The van der Waals surface area contributed by atoms with E-state index in [-0.39, 0.29) is 24.0 Å². The number of rotatable bonds is 8. The molecule has 0 radical (unpaired) electrons. The lowest BCUT2D eigenvalue weighted by Crippen LogP contribution is -2.49. The van der Waals surface area contributed by atoms with Gasteiger partial charge in [0.15, 0.2) is 5.96 Å². The van der Waals surface area contributed by atoms with Gasteiger partial charge in [0.25, 0.3) is 0 Å². The van der Waals surface area contributed by atoms with Crippen LogP contribution in [0.15, 0.2) is 52.6 Å². The summed E-state index contributed by atoms with van der Waals surface area (Å²) in [5, 5.41) is 6.86. The molecule has 1 saturated heterocycles. The zero-order valence-corrected chi connectivity index (χ0v) is 17.5. The predicted molar refractivity (Wildman–Crippen MR) is 116 cm³/mol. The summed E-state index contributed by atoms with van der Waals surface area (Å²) in [6.45, 7) is 14.5. The summed E-state index contributed by atoms with van der Waals surface area (Å²) in [5.74, 6) is 1.83. The minimum Gasteiger partial charge on any atom is -0.469 e. The zero-order chi connectivity index (χ0) is 17.2. The summed E-state index contributed by atoms with van der Waals surface area (Å²) in [6.07, 6.45) is 6.61. The van der Waals surface area contributed by atoms with Gasteiger partial charge in [0.2, 0.25) is 0 Å². The molecule has 0 amide bonds. The number of guanidine groups is 1. The summed E-state index contributed by atoms with van der Waals surface area (Å²) >= 11 is 0. The molecule has 1 aliphatic heterocycles. The molecule has 5 nitrogen and oxygen atoms in total. The van der Waals surface area contributed by atoms with Gasteiger partial charge in [-0.15, -0.1) is 30.6 Å². The topological polar surface area (TPSA) is 52.8 Å². The number of aliphatic imine (C=N–C) groups is 1. The second-order valence-corrected chi connectivity index (χ2v) is 6.38. The lowest BCUT2D eigenvalue weighted by atomic mass is 10.0. The molecule has 0 aromatic carbocycles. The molecule has 0 atom stereocenters. The van der Waals surface area contributed by atoms with Crippen LogP contribution in [0.1, 0.15) is 25.5 Å². The van der Waals surface area contributed by atoms with Crippen molar-refractivity contribution in [2.24, 2.45) is 4.99 Å². The Morgan fingerprint density at radius 2 is 2.20 bits per heavy atom. The first-order valence-corrected chi connectivity index (χ1v) is 8.72. The normalized spacial score (nSPS) is 16.1. The number of likely N-dealkylation sites (tertiary alicyclic amines) is 1. The van der Waals surface area contributed by atoms with Gasteiger partial charge in [-0.05, 0) is 31.9 Å². The number of furan rings is 1. The molecule has 1 aromatic heterocycles. The van der Waals surface area contributed by atoms with Crippen LogP contribution < -0.4 is 10.6 Å². The van der Waals surface area contributed by atoms with E-state index >= 15 is 0 Å². The van der Waals surface area contributed by atoms with Gasteiger partial charge in [-0.3, -0.25) is 9.89 Å². The molecule has 0 bridgehead atoms. The predicted octanol–water partition coefficient (Wildman–Crippen LogP) is 3.20. The highest BCUT2D eigenvalue weighted by molar-refractivity contribution is 14.0.